The van der Waals surface area contributed by atoms with E-state index in [0.717, 1.165) is 0 Å². The normalized spacial score (nSPS) is 17.0. The molecular formula is C27H23NO6. The number of aliphatic hydroxyl groups excluding tert-OH is 1. The van der Waals surface area contributed by atoms with Crippen LogP contribution in [0.15, 0.2) is 84.4 Å². The van der Waals surface area contributed by atoms with Gasteiger partial charge in [-0.05, 0) is 48.9 Å². The number of rotatable bonds is 6. The summed E-state index contributed by atoms with van der Waals surface area (Å²) in [4.78, 5) is 39.7. The Kier molecular flexibility index (Phi) is 6.45. The summed E-state index contributed by atoms with van der Waals surface area (Å²) in [5.41, 5.74) is 1.76. The Bertz CT molecular complexity index is 1250. The fourth-order valence-corrected chi connectivity index (χ4v) is 3.92. The van der Waals surface area contributed by atoms with E-state index >= 15 is 0 Å². The van der Waals surface area contributed by atoms with Gasteiger partial charge in [0.1, 0.15) is 11.5 Å². The molecule has 0 spiro atoms. The topological polar surface area (TPSA) is 93.1 Å². The molecule has 1 aliphatic rings. The molecule has 4 rings (SSSR count). The molecule has 0 aromatic heterocycles. The second-order valence-electron chi connectivity index (χ2n) is 7.58. The summed E-state index contributed by atoms with van der Waals surface area (Å²) in [7, 11) is 1.54. The van der Waals surface area contributed by atoms with E-state index in [4.69, 9.17) is 9.47 Å². The fraction of sp³-hybridized carbons (Fsp3) is 0.148. The summed E-state index contributed by atoms with van der Waals surface area (Å²) in [5.74, 6) is -1.70. The second-order valence-corrected chi connectivity index (χ2v) is 7.58. The molecule has 0 aliphatic carbocycles. The molecule has 1 N–H and O–H groups in total. The number of Topliss-reactive ketones (excluding diaryl/α,β-unsaturated/α-hetero) is 1. The molecule has 0 radical (unpaired) electrons. The molecule has 172 valence electrons. The third-order valence-electron chi connectivity index (χ3n) is 5.58. The van der Waals surface area contributed by atoms with Crippen molar-refractivity contribution in [3.05, 3.63) is 101 Å². The smallest absolute Gasteiger partial charge is 0.338 e. The van der Waals surface area contributed by atoms with Crippen molar-refractivity contribution in [2.45, 2.75) is 13.0 Å². The quantitative estimate of drug-likeness (QED) is 0.254. The molecule has 3 aromatic rings. The first-order valence-corrected chi connectivity index (χ1v) is 10.7. The minimum Gasteiger partial charge on any atom is -0.507 e. The van der Waals surface area contributed by atoms with Gasteiger partial charge in [-0.15, -0.1) is 0 Å². The number of carbonyl (C=O) groups excluding carboxylic acids is 3. The van der Waals surface area contributed by atoms with Crippen molar-refractivity contribution in [2.24, 2.45) is 0 Å². The van der Waals surface area contributed by atoms with Crippen molar-refractivity contribution >= 4 is 29.1 Å². The molecule has 1 heterocycles. The minimum absolute atomic E-state index is 0.0177. The number of ketones is 1. The van der Waals surface area contributed by atoms with Crippen molar-refractivity contribution in [3.8, 4) is 5.75 Å². The van der Waals surface area contributed by atoms with Gasteiger partial charge in [0.2, 0.25) is 0 Å². The first-order chi connectivity index (χ1) is 16.5. The number of esters is 1. The lowest BCUT2D eigenvalue weighted by Crippen LogP contribution is -2.29. The lowest BCUT2D eigenvalue weighted by molar-refractivity contribution is -0.132. The zero-order chi connectivity index (χ0) is 24.2. The second kappa shape index (κ2) is 9.62. The highest BCUT2D eigenvalue weighted by molar-refractivity contribution is 6.51. The highest BCUT2D eigenvalue weighted by Crippen LogP contribution is 2.42. The zero-order valence-electron chi connectivity index (χ0n) is 18.7. The fourth-order valence-electron chi connectivity index (χ4n) is 3.92. The molecule has 7 nitrogen and oxygen atoms in total. The summed E-state index contributed by atoms with van der Waals surface area (Å²) in [6, 6.07) is 20.9. The summed E-state index contributed by atoms with van der Waals surface area (Å²) in [6.07, 6.45) is 0. The van der Waals surface area contributed by atoms with Crippen LogP contribution in [0.4, 0.5) is 5.69 Å². The monoisotopic (exact) mass is 457 g/mol. The molecule has 0 bridgehead atoms. The highest BCUT2D eigenvalue weighted by atomic mass is 16.5. The van der Waals surface area contributed by atoms with Crippen LogP contribution in [-0.4, -0.2) is 36.5 Å². The summed E-state index contributed by atoms with van der Waals surface area (Å²) in [6.45, 7) is 1.96. The molecule has 7 heteroatoms. The van der Waals surface area contributed by atoms with E-state index in [1.54, 1.807) is 80.8 Å². The molecule has 1 unspecified atom stereocenters. The van der Waals surface area contributed by atoms with E-state index in [-0.39, 0.29) is 17.9 Å². The Balaban J connectivity index is 1.85. The van der Waals surface area contributed by atoms with Gasteiger partial charge >= 0.3 is 5.97 Å². The SMILES string of the molecule is CCOC(=O)c1ccc(N2C(=O)C(=O)/C(=C(\O)c3ccccc3)C2c2ccc(OC)cc2)cc1. The third kappa shape index (κ3) is 4.15. The Morgan fingerprint density at radius 3 is 2.15 bits per heavy atom. The Morgan fingerprint density at radius 2 is 1.56 bits per heavy atom. The third-order valence-corrected chi connectivity index (χ3v) is 5.58. The van der Waals surface area contributed by atoms with E-state index in [0.29, 0.717) is 28.1 Å². The molecule has 3 aromatic carbocycles. The van der Waals surface area contributed by atoms with Crippen molar-refractivity contribution in [1.29, 1.82) is 0 Å². The number of amides is 1. The van der Waals surface area contributed by atoms with Gasteiger partial charge in [-0.2, -0.15) is 0 Å². The summed E-state index contributed by atoms with van der Waals surface area (Å²) >= 11 is 0. The molecule has 1 saturated heterocycles. The Labute approximate surface area is 196 Å². The minimum atomic E-state index is -0.875. The summed E-state index contributed by atoms with van der Waals surface area (Å²) < 4.78 is 10.2. The van der Waals surface area contributed by atoms with Crippen LogP contribution in [0.5, 0.6) is 5.75 Å². The molecule has 1 fully saturated rings. The first kappa shape index (κ1) is 22.8. The van der Waals surface area contributed by atoms with Crippen LogP contribution in [0, 0.1) is 0 Å². The predicted octanol–water partition coefficient (Wildman–Crippen LogP) is 4.50. The van der Waals surface area contributed by atoms with Crippen molar-refractivity contribution in [1.82, 2.24) is 0 Å². The van der Waals surface area contributed by atoms with E-state index in [1.165, 1.54) is 17.0 Å². The average Bonchev–Trinajstić information content (AvgIpc) is 3.14. The van der Waals surface area contributed by atoms with Crippen LogP contribution in [0.2, 0.25) is 0 Å². The van der Waals surface area contributed by atoms with Crippen LogP contribution in [0.25, 0.3) is 5.76 Å². The standard InChI is InChI=1S/C27H23NO6/c1-3-34-27(32)19-9-13-20(14-10-19)28-23(17-11-15-21(33-2)16-12-17)22(25(30)26(28)31)24(29)18-7-5-4-6-8-18/h4-16,23,29H,3H2,1-2H3/b24-22-. The zero-order valence-corrected chi connectivity index (χ0v) is 18.7. The number of hydrogen-bond donors (Lipinski definition) is 1. The molecule has 34 heavy (non-hydrogen) atoms. The lowest BCUT2D eigenvalue weighted by Gasteiger charge is -2.25. The average molecular weight is 457 g/mol. The number of aliphatic hydroxyl groups is 1. The molecule has 0 saturated carbocycles. The van der Waals surface area contributed by atoms with Crippen molar-refractivity contribution < 1.29 is 29.0 Å². The molecular weight excluding hydrogens is 434 g/mol. The number of carbonyl (C=O) groups is 3. The van der Waals surface area contributed by atoms with E-state index in [2.05, 4.69) is 0 Å². The number of nitrogens with zero attached hydrogens (tertiary/aromatic N) is 1. The number of methoxy groups -OCH3 is 1. The van der Waals surface area contributed by atoms with E-state index in [1.807, 2.05) is 0 Å². The maximum absolute atomic E-state index is 13.2. The molecule has 1 atom stereocenters. The van der Waals surface area contributed by atoms with Crippen molar-refractivity contribution in [3.63, 3.8) is 0 Å². The van der Waals surface area contributed by atoms with Gasteiger partial charge in [-0.3, -0.25) is 14.5 Å². The van der Waals surface area contributed by atoms with Gasteiger partial charge in [0.05, 0.1) is 30.9 Å². The largest absolute Gasteiger partial charge is 0.507 e. The first-order valence-electron chi connectivity index (χ1n) is 10.7. The summed E-state index contributed by atoms with van der Waals surface area (Å²) in [5, 5.41) is 11.1. The Morgan fingerprint density at radius 1 is 0.912 bits per heavy atom. The predicted molar refractivity (Wildman–Crippen MR) is 127 cm³/mol. The number of hydrogen-bond acceptors (Lipinski definition) is 6. The van der Waals surface area contributed by atoms with Gasteiger partial charge in [0.15, 0.2) is 0 Å². The Hall–Kier alpha value is -4.39. The molecule has 1 amide bonds. The van der Waals surface area contributed by atoms with Crippen LogP contribution >= 0.6 is 0 Å². The van der Waals surface area contributed by atoms with Gasteiger partial charge in [0, 0.05) is 11.3 Å². The van der Waals surface area contributed by atoms with Gasteiger partial charge < -0.3 is 14.6 Å². The highest BCUT2D eigenvalue weighted by Gasteiger charge is 2.47. The van der Waals surface area contributed by atoms with Gasteiger partial charge in [-0.1, -0.05) is 42.5 Å². The van der Waals surface area contributed by atoms with Crippen molar-refractivity contribution in [2.75, 3.05) is 18.6 Å². The van der Waals surface area contributed by atoms with E-state index in [9.17, 15) is 19.5 Å². The number of benzene rings is 3. The maximum atomic E-state index is 13.2. The molecule has 1 aliphatic heterocycles. The maximum Gasteiger partial charge on any atom is 0.338 e. The van der Waals surface area contributed by atoms with E-state index < -0.39 is 23.7 Å². The number of anilines is 1. The lowest BCUT2D eigenvalue weighted by atomic mass is 9.95. The van der Waals surface area contributed by atoms with Crippen LogP contribution in [0.3, 0.4) is 0 Å². The van der Waals surface area contributed by atoms with Crippen LogP contribution in [0.1, 0.15) is 34.5 Å². The van der Waals surface area contributed by atoms with Crippen LogP contribution in [-0.2, 0) is 14.3 Å². The van der Waals surface area contributed by atoms with Gasteiger partial charge in [-0.25, -0.2) is 4.79 Å². The number of ether oxygens (including phenoxy) is 2. The van der Waals surface area contributed by atoms with Gasteiger partial charge in [0.25, 0.3) is 11.7 Å². The van der Waals surface area contributed by atoms with Crippen LogP contribution < -0.4 is 9.64 Å².